The van der Waals surface area contributed by atoms with Gasteiger partial charge in [-0.2, -0.15) is 25.9 Å². The summed E-state index contributed by atoms with van der Waals surface area (Å²) in [5.41, 5.74) is 0.337. The molecule has 0 unspecified atom stereocenters. The van der Waals surface area contributed by atoms with E-state index in [1.807, 2.05) is 0 Å². The van der Waals surface area contributed by atoms with Gasteiger partial charge in [-0.15, -0.1) is 0 Å². The van der Waals surface area contributed by atoms with E-state index in [9.17, 15) is 36.3 Å². The fourth-order valence-corrected chi connectivity index (χ4v) is 5.39. The fourth-order valence-electron chi connectivity index (χ4n) is 4.14. The number of carboxylic acid groups (broad SMARTS) is 1. The van der Waals surface area contributed by atoms with Crippen molar-refractivity contribution in [1.29, 1.82) is 0 Å². The molecule has 1 heterocycles. The Balaban J connectivity index is 1.47. The standard InChI is InChI=1S/C30H28F3N3O8S/c1-19-26(34-28(44-19)21-7-11-23(12-8-21)30(31,32)33)18-43-25-6-4-5-20(15-25)16-36(17-27(37)38)45(40,41)35(2)29(39)22-9-13-24(42-3)14-10-22/h4-15H,16-18H2,1-3H3,(H,37,38). The minimum atomic E-state index is -4.59. The van der Waals surface area contributed by atoms with Gasteiger partial charge in [-0.05, 0) is 73.2 Å². The van der Waals surface area contributed by atoms with Crippen molar-refractivity contribution >= 4 is 22.1 Å². The zero-order chi connectivity index (χ0) is 32.9. The normalized spacial score (nSPS) is 11.8. The van der Waals surface area contributed by atoms with Crippen LogP contribution >= 0.6 is 0 Å². The molecule has 1 N–H and O–H groups in total. The lowest BCUT2D eigenvalue weighted by Gasteiger charge is -2.26. The number of halogens is 3. The first-order chi connectivity index (χ1) is 21.2. The van der Waals surface area contributed by atoms with Gasteiger partial charge < -0.3 is 19.0 Å². The fraction of sp³-hybridized carbons (Fsp3) is 0.233. The number of aryl methyl sites for hydroxylation is 1. The molecule has 3 aromatic carbocycles. The van der Waals surface area contributed by atoms with Crippen LogP contribution in [0.15, 0.2) is 77.2 Å². The number of nitrogens with zero attached hydrogens (tertiary/aromatic N) is 3. The molecular weight excluding hydrogens is 619 g/mol. The van der Waals surface area contributed by atoms with Gasteiger partial charge >= 0.3 is 22.4 Å². The molecule has 0 aliphatic heterocycles. The van der Waals surface area contributed by atoms with Crippen LogP contribution in [0.4, 0.5) is 13.2 Å². The smallest absolute Gasteiger partial charge is 0.416 e. The Labute approximate surface area is 256 Å². The number of aliphatic carboxylic acids is 1. The second-order valence-electron chi connectivity index (χ2n) is 9.70. The Morgan fingerprint density at radius 1 is 1.00 bits per heavy atom. The van der Waals surface area contributed by atoms with E-state index in [1.165, 1.54) is 49.6 Å². The molecule has 0 bridgehead atoms. The Morgan fingerprint density at radius 2 is 1.67 bits per heavy atom. The molecule has 4 aromatic rings. The van der Waals surface area contributed by atoms with E-state index >= 15 is 0 Å². The lowest BCUT2D eigenvalue weighted by molar-refractivity contribution is -0.138. The van der Waals surface area contributed by atoms with Gasteiger partial charge in [0.15, 0.2) is 0 Å². The summed E-state index contributed by atoms with van der Waals surface area (Å²) in [6, 6.07) is 16.3. The van der Waals surface area contributed by atoms with Crippen molar-refractivity contribution in [1.82, 2.24) is 13.6 Å². The largest absolute Gasteiger partial charge is 0.497 e. The number of hydrogen-bond donors (Lipinski definition) is 1. The van der Waals surface area contributed by atoms with Crippen molar-refractivity contribution in [3.8, 4) is 23.0 Å². The number of rotatable bonds is 12. The maximum Gasteiger partial charge on any atom is 0.416 e. The van der Waals surface area contributed by atoms with E-state index in [4.69, 9.17) is 13.9 Å². The van der Waals surface area contributed by atoms with Crippen LogP contribution in [-0.2, 0) is 34.3 Å². The number of alkyl halides is 3. The van der Waals surface area contributed by atoms with Gasteiger partial charge in [0.05, 0.1) is 12.7 Å². The summed E-state index contributed by atoms with van der Waals surface area (Å²) >= 11 is 0. The highest BCUT2D eigenvalue weighted by Gasteiger charge is 2.33. The highest BCUT2D eigenvalue weighted by Crippen LogP contribution is 2.31. The van der Waals surface area contributed by atoms with Crippen LogP contribution in [0.2, 0.25) is 0 Å². The van der Waals surface area contributed by atoms with Crippen molar-refractivity contribution in [2.24, 2.45) is 0 Å². The molecule has 0 aliphatic carbocycles. The number of hydrogen-bond acceptors (Lipinski definition) is 8. The summed E-state index contributed by atoms with van der Waals surface area (Å²) in [6.45, 7) is 0.218. The van der Waals surface area contributed by atoms with E-state index < -0.39 is 46.9 Å². The highest BCUT2D eigenvalue weighted by molar-refractivity contribution is 7.87. The average molecular weight is 648 g/mol. The first-order valence-corrected chi connectivity index (χ1v) is 14.6. The highest BCUT2D eigenvalue weighted by atomic mass is 32.2. The van der Waals surface area contributed by atoms with E-state index in [2.05, 4.69) is 4.98 Å². The maximum atomic E-state index is 13.4. The van der Waals surface area contributed by atoms with Gasteiger partial charge in [-0.25, -0.2) is 9.29 Å². The minimum Gasteiger partial charge on any atom is -0.497 e. The SMILES string of the molecule is COc1ccc(C(=O)N(C)S(=O)(=O)N(CC(=O)O)Cc2cccc(OCc3nc(-c4ccc(C(F)(F)F)cc4)oc3C)c2)cc1. The van der Waals surface area contributed by atoms with Crippen molar-refractivity contribution in [2.75, 3.05) is 20.7 Å². The molecule has 15 heteroatoms. The van der Waals surface area contributed by atoms with Crippen molar-refractivity contribution in [3.63, 3.8) is 0 Å². The number of methoxy groups -OCH3 is 1. The molecule has 45 heavy (non-hydrogen) atoms. The number of carbonyl (C=O) groups is 2. The lowest BCUT2D eigenvalue weighted by atomic mass is 10.1. The summed E-state index contributed by atoms with van der Waals surface area (Å²) in [4.78, 5) is 28.8. The van der Waals surface area contributed by atoms with Gasteiger partial charge in [0.2, 0.25) is 5.89 Å². The molecule has 0 fully saturated rings. The summed E-state index contributed by atoms with van der Waals surface area (Å²) in [5.74, 6) is -1.06. The molecule has 0 aliphatic rings. The summed E-state index contributed by atoms with van der Waals surface area (Å²) in [5, 5.41) is 9.43. The lowest BCUT2D eigenvalue weighted by Crippen LogP contribution is -2.46. The third-order valence-corrected chi connectivity index (χ3v) is 8.36. The molecule has 1 aromatic heterocycles. The van der Waals surface area contributed by atoms with Crippen LogP contribution in [0.3, 0.4) is 0 Å². The monoisotopic (exact) mass is 647 g/mol. The second-order valence-corrected chi connectivity index (χ2v) is 11.7. The van der Waals surface area contributed by atoms with Gasteiger partial charge in [0.25, 0.3) is 5.91 Å². The van der Waals surface area contributed by atoms with Crippen molar-refractivity contribution in [2.45, 2.75) is 26.3 Å². The second kappa shape index (κ2) is 13.4. The van der Waals surface area contributed by atoms with Gasteiger partial charge in [0, 0.05) is 24.7 Å². The van der Waals surface area contributed by atoms with Gasteiger partial charge in [-0.1, -0.05) is 12.1 Å². The van der Waals surface area contributed by atoms with E-state index in [0.717, 1.165) is 19.2 Å². The molecule has 0 saturated heterocycles. The van der Waals surface area contributed by atoms with Crippen LogP contribution in [0.5, 0.6) is 11.5 Å². The van der Waals surface area contributed by atoms with Crippen LogP contribution in [0.25, 0.3) is 11.5 Å². The third kappa shape index (κ3) is 7.99. The molecule has 238 valence electrons. The summed E-state index contributed by atoms with van der Waals surface area (Å²) in [7, 11) is -2.11. The number of oxazole rings is 1. The molecule has 0 saturated carbocycles. The first kappa shape index (κ1) is 33.0. The predicted octanol–water partition coefficient (Wildman–Crippen LogP) is 5.16. The van der Waals surface area contributed by atoms with E-state index in [0.29, 0.717) is 42.7 Å². The maximum absolute atomic E-state index is 13.4. The molecule has 1 amide bonds. The number of aromatic nitrogens is 1. The molecule has 0 spiro atoms. The Morgan fingerprint density at radius 3 is 2.27 bits per heavy atom. The number of carboxylic acids is 1. The Kier molecular flexibility index (Phi) is 9.83. The predicted molar refractivity (Wildman–Crippen MR) is 155 cm³/mol. The molecule has 0 radical (unpaired) electrons. The zero-order valence-corrected chi connectivity index (χ0v) is 25.1. The molecule has 11 nitrogen and oxygen atoms in total. The molecular formula is C30H28F3N3O8S. The van der Waals surface area contributed by atoms with Gasteiger partial charge in [0.1, 0.15) is 36.1 Å². The third-order valence-electron chi connectivity index (χ3n) is 6.59. The van der Waals surface area contributed by atoms with Gasteiger partial charge in [-0.3, -0.25) is 9.59 Å². The van der Waals surface area contributed by atoms with E-state index in [1.54, 1.807) is 25.1 Å². The summed E-state index contributed by atoms with van der Waals surface area (Å²) in [6.07, 6.45) is -4.47. The van der Waals surface area contributed by atoms with Crippen molar-refractivity contribution in [3.05, 3.63) is 101 Å². The summed E-state index contributed by atoms with van der Waals surface area (Å²) < 4.78 is 83.0. The van der Waals surface area contributed by atoms with Crippen molar-refractivity contribution < 1.29 is 50.2 Å². The minimum absolute atomic E-state index is 0.0529. The van der Waals surface area contributed by atoms with Crippen LogP contribution in [0, 0.1) is 6.92 Å². The Hall–Kier alpha value is -4.89. The quantitative estimate of drug-likeness (QED) is 0.221. The van der Waals surface area contributed by atoms with Crippen LogP contribution in [-0.4, -0.2) is 59.7 Å². The number of ether oxygens (including phenoxy) is 2. The number of benzene rings is 3. The number of carbonyl (C=O) groups excluding carboxylic acids is 1. The average Bonchev–Trinajstić information content (AvgIpc) is 3.38. The molecule has 0 atom stereocenters. The Bertz CT molecular complexity index is 1770. The van der Waals surface area contributed by atoms with Crippen LogP contribution in [0.1, 0.15) is 32.9 Å². The number of amides is 1. The zero-order valence-electron chi connectivity index (χ0n) is 24.2. The topological polar surface area (TPSA) is 139 Å². The van der Waals surface area contributed by atoms with Crippen LogP contribution < -0.4 is 9.47 Å². The van der Waals surface area contributed by atoms with E-state index in [-0.39, 0.29) is 18.1 Å². The molecule has 4 rings (SSSR count). The first-order valence-electron chi connectivity index (χ1n) is 13.2.